The maximum Gasteiger partial charge on any atom is 0.328 e. The van der Waals surface area contributed by atoms with Gasteiger partial charge in [-0.3, -0.25) is 19.7 Å². The molecule has 0 spiro atoms. The smallest absolute Gasteiger partial charge is 0.328 e. The molecule has 1 aromatic carbocycles. The SMILES string of the molecule is COCCNC(=O)COC(=O)[C@H](C)NC(=O)c1cccc([N+](=O)[O-])c1. The number of esters is 1. The molecule has 2 amide bonds. The summed E-state index contributed by atoms with van der Waals surface area (Å²) in [5.41, 5.74) is -0.207. The molecule has 2 N–H and O–H groups in total. The highest BCUT2D eigenvalue weighted by Gasteiger charge is 2.20. The van der Waals surface area contributed by atoms with Gasteiger partial charge in [-0.15, -0.1) is 0 Å². The molecule has 0 radical (unpaired) electrons. The largest absolute Gasteiger partial charge is 0.454 e. The van der Waals surface area contributed by atoms with Crippen LogP contribution < -0.4 is 10.6 Å². The first-order valence-electron chi connectivity index (χ1n) is 7.32. The van der Waals surface area contributed by atoms with Crippen LogP contribution in [-0.4, -0.2) is 55.6 Å². The second-order valence-corrected chi connectivity index (χ2v) is 4.95. The van der Waals surface area contributed by atoms with Gasteiger partial charge in [0.05, 0.1) is 11.5 Å². The Bertz CT molecular complexity index is 648. The molecule has 10 nitrogen and oxygen atoms in total. The minimum absolute atomic E-state index is 0.0335. The van der Waals surface area contributed by atoms with Gasteiger partial charge in [0.1, 0.15) is 6.04 Å². The van der Waals surface area contributed by atoms with Crippen molar-refractivity contribution in [2.24, 2.45) is 0 Å². The Labute approximate surface area is 143 Å². The number of nitrogens with one attached hydrogen (secondary N) is 2. The summed E-state index contributed by atoms with van der Waals surface area (Å²) >= 11 is 0. The lowest BCUT2D eigenvalue weighted by molar-refractivity contribution is -0.384. The minimum atomic E-state index is -1.03. The summed E-state index contributed by atoms with van der Waals surface area (Å²) in [6, 6.07) is 4.05. The van der Waals surface area contributed by atoms with Crippen molar-refractivity contribution in [1.29, 1.82) is 0 Å². The van der Waals surface area contributed by atoms with Crippen LogP contribution in [0, 0.1) is 10.1 Å². The van der Waals surface area contributed by atoms with Crippen LogP contribution >= 0.6 is 0 Å². The summed E-state index contributed by atoms with van der Waals surface area (Å²) < 4.78 is 9.53. The topological polar surface area (TPSA) is 137 Å². The molecule has 0 heterocycles. The van der Waals surface area contributed by atoms with Crippen LogP contribution in [0.5, 0.6) is 0 Å². The zero-order chi connectivity index (χ0) is 18.8. The van der Waals surface area contributed by atoms with Gasteiger partial charge >= 0.3 is 5.97 Å². The van der Waals surface area contributed by atoms with Crippen molar-refractivity contribution in [1.82, 2.24) is 10.6 Å². The van der Waals surface area contributed by atoms with Crippen LogP contribution in [0.4, 0.5) is 5.69 Å². The summed E-state index contributed by atoms with van der Waals surface area (Å²) in [7, 11) is 1.48. The normalized spacial score (nSPS) is 11.3. The van der Waals surface area contributed by atoms with E-state index in [2.05, 4.69) is 10.6 Å². The number of nitro groups is 1. The van der Waals surface area contributed by atoms with Gasteiger partial charge < -0.3 is 20.1 Å². The molecule has 0 unspecified atom stereocenters. The fraction of sp³-hybridized carbons (Fsp3) is 0.400. The predicted molar refractivity (Wildman–Crippen MR) is 85.9 cm³/mol. The number of nitro benzene ring substituents is 1. The molecule has 25 heavy (non-hydrogen) atoms. The number of nitrogens with zero attached hydrogens (tertiary/aromatic N) is 1. The number of carbonyl (C=O) groups excluding carboxylic acids is 3. The maximum absolute atomic E-state index is 12.0. The second-order valence-electron chi connectivity index (χ2n) is 4.95. The van der Waals surface area contributed by atoms with E-state index in [9.17, 15) is 24.5 Å². The molecular weight excluding hydrogens is 334 g/mol. The van der Waals surface area contributed by atoms with Crippen LogP contribution in [0.25, 0.3) is 0 Å². The molecule has 0 aliphatic carbocycles. The van der Waals surface area contributed by atoms with Gasteiger partial charge in [0.15, 0.2) is 6.61 Å². The standard InChI is InChI=1S/C15H19N3O7/c1-10(15(21)25-9-13(19)16-6-7-24-2)17-14(20)11-4-3-5-12(8-11)18(22)23/h3-5,8,10H,6-7,9H2,1-2H3,(H,16,19)(H,17,20)/t10-/m0/s1. The molecule has 0 saturated carbocycles. The monoisotopic (exact) mass is 353 g/mol. The molecule has 0 aliphatic rings. The van der Waals surface area contributed by atoms with Gasteiger partial charge in [0.25, 0.3) is 17.5 Å². The third kappa shape index (κ3) is 6.96. The fourth-order valence-corrected chi connectivity index (χ4v) is 1.70. The molecule has 0 bridgehead atoms. The molecule has 0 aromatic heterocycles. The van der Waals surface area contributed by atoms with Crippen molar-refractivity contribution >= 4 is 23.5 Å². The number of hydrogen-bond donors (Lipinski definition) is 2. The summed E-state index contributed by atoms with van der Waals surface area (Å²) in [4.78, 5) is 45.3. The van der Waals surface area contributed by atoms with E-state index in [0.29, 0.717) is 6.61 Å². The number of hydrogen-bond acceptors (Lipinski definition) is 7. The molecular formula is C15H19N3O7. The van der Waals surface area contributed by atoms with E-state index in [1.54, 1.807) is 0 Å². The summed E-state index contributed by atoms with van der Waals surface area (Å²) in [6.07, 6.45) is 0. The first kappa shape index (κ1) is 20.0. The third-order valence-corrected chi connectivity index (χ3v) is 2.99. The van der Waals surface area contributed by atoms with Gasteiger partial charge in [-0.25, -0.2) is 4.79 Å². The van der Waals surface area contributed by atoms with Crippen LogP contribution in [0.15, 0.2) is 24.3 Å². The Morgan fingerprint density at radius 1 is 1.32 bits per heavy atom. The number of non-ortho nitro benzene ring substituents is 1. The van der Waals surface area contributed by atoms with E-state index in [4.69, 9.17) is 9.47 Å². The highest BCUT2D eigenvalue weighted by Crippen LogP contribution is 2.13. The Kier molecular flexibility index (Phi) is 8.00. The number of benzene rings is 1. The van der Waals surface area contributed by atoms with Crippen LogP contribution in [0.2, 0.25) is 0 Å². The lowest BCUT2D eigenvalue weighted by atomic mass is 10.2. The van der Waals surface area contributed by atoms with Crippen LogP contribution in [-0.2, 0) is 19.1 Å². The van der Waals surface area contributed by atoms with E-state index in [0.717, 1.165) is 6.07 Å². The summed E-state index contributed by atoms with van der Waals surface area (Å²) in [5.74, 6) is -1.97. The molecule has 1 aromatic rings. The third-order valence-electron chi connectivity index (χ3n) is 2.99. The van der Waals surface area contributed by atoms with Gasteiger partial charge in [0, 0.05) is 31.4 Å². The predicted octanol–water partition coefficient (Wildman–Crippen LogP) is 0.0189. The molecule has 0 saturated heterocycles. The molecule has 0 fully saturated rings. The van der Waals surface area contributed by atoms with Crippen LogP contribution in [0.3, 0.4) is 0 Å². The highest BCUT2D eigenvalue weighted by atomic mass is 16.6. The highest BCUT2D eigenvalue weighted by molar-refractivity contribution is 5.97. The quantitative estimate of drug-likeness (QED) is 0.276. The average Bonchev–Trinajstić information content (AvgIpc) is 2.59. The number of methoxy groups -OCH3 is 1. The van der Waals surface area contributed by atoms with Crippen LogP contribution in [0.1, 0.15) is 17.3 Å². The number of carbonyl (C=O) groups is 3. The van der Waals surface area contributed by atoms with E-state index >= 15 is 0 Å². The molecule has 10 heteroatoms. The second kappa shape index (κ2) is 9.98. The van der Waals surface area contributed by atoms with Gasteiger partial charge in [-0.05, 0) is 13.0 Å². The first-order valence-corrected chi connectivity index (χ1v) is 7.32. The van der Waals surface area contributed by atoms with Gasteiger partial charge in [-0.1, -0.05) is 6.07 Å². The summed E-state index contributed by atoms with van der Waals surface area (Å²) in [6.45, 7) is 1.50. The van der Waals surface area contributed by atoms with E-state index < -0.39 is 35.4 Å². The van der Waals surface area contributed by atoms with Crippen molar-refractivity contribution < 1.29 is 28.8 Å². The zero-order valence-electron chi connectivity index (χ0n) is 13.8. The van der Waals surface area contributed by atoms with E-state index in [-0.39, 0.29) is 17.8 Å². The lowest BCUT2D eigenvalue weighted by Crippen LogP contribution is -2.41. The van der Waals surface area contributed by atoms with Crippen molar-refractivity contribution in [3.8, 4) is 0 Å². The Morgan fingerprint density at radius 3 is 2.68 bits per heavy atom. The van der Waals surface area contributed by atoms with Gasteiger partial charge in [-0.2, -0.15) is 0 Å². The summed E-state index contributed by atoms with van der Waals surface area (Å²) in [5, 5.41) is 15.5. The fourth-order valence-electron chi connectivity index (χ4n) is 1.70. The first-order chi connectivity index (χ1) is 11.8. The van der Waals surface area contributed by atoms with Crippen molar-refractivity contribution in [2.75, 3.05) is 26.9 Å². The molecule has 1 atom stereocenters. The Balaban J connectivity index is 2.49. The number of rotatable bonds is 9. The molecule has 0 aliphatic heterocycles. The minimum Gasteiger partial charge on any atom is -0.454 e. The Hall–Kier alpha value is -3.01. The maximum atomic E-state index is 12.0. The number of ether oxygens (including phenoxy) is 2. The zero-order valence-corrected chi connectivity index (χ0v) is 13.8. The van der Waals surface area contributed by atoms with Crippen molar-refractivity contribution in [2.45, 2.75) is 13.0 Å². The Morgan fingerprint density at radius 2 is 2.04 bits per heavy atom. The number of amides is 2. The van der Waals surface area contributed by atoms with Crippen molar-refractivity contribution in [3.63, 3.8) is 0 Å². The molecule has 136 valence electrons. The molecule has 1 rings (SSSR count). The van der Waals surface area contributed by atoms with Gasteiger partial charge in [0.2, 0.25) is 0 Å². The lowest BCUT2D eigenvalue weighted by Gasteiger charge is -2.13. The average molecular weight is 353 g/mol. The van der Waals surface area contributed by atoms with E-state index in [1.807, 2.05) is 0 Å². The van der Waals surface area contributed by atoms with E-state index in [1.165, 1.54) is 32.2 Å². The van der Waals surface area contributed by atoms with Crippen molar-refractivity contribution in [3.05, 3.63) is 39.9 Å².